The molecule has 0 saturated carbocycles. The van der Waals surface area contributed by atoms with Crippen LogP contribution >= 0.6 is 0 Å². The van der Waals surface area contributed by atoms with Crippen molar-refractivity contribution in [2.75, 3.05) is 25.1 Å². The third-order valence-electron chi connectivity index (χ3n) is 2.25. The molecule has 0 bridgehead atoms. The molecule has 0 spiro atoms. The topological polar surface area (TPSA) is 82.3 Å². The van der Waals surface area contributed by atoms with Crippen molar-refractivity contribution in [2.45, 2.75) is 6.18 Å². The Morgan fingerprint density at radius 2 is 2.15 bits per heavy atom. The van der Waals surface area contributed by atoms with E-state index in [1.54, 1.807) is 0 Å². The summed E-state index contributed by atoms with van der Waals surface area (Å²) in [4.78, 5) is 10.2. The number of nitrogens with zero attached hydrogens (tertiary/aromatic N) is 1. The lowest BCUT2D eigenvalue weighted by Crippen LogP contribution is -2.14. The first-order valence-electron chi connectivity index (χ1n) is 5.49. The molecule has 0 saturated heterocycles. The Bertz CT molecular complexity index is 524. The largest absolute Gasteiger partial charge is 0.480 e. The third kappa shape index (κ3) is 4.78. The number of alkyl halides is 3. The van der Waals surface area contributed by atoms with Gasteiger partial charge in [0.2, 0.25) is 0 Å². The highest BCUT2D eigenvalue weighted by atomic mass is 19.4. The van der Waals surface area contributed by atoms with Crippen molar-refractivity contribution in [2.24, 2.45) is 0 Å². The summed E-state index contributed by atoms with van der Waals surface area (Å²) in [6.45, 7) is -0.156. The Hall–Kier alpha value is -2.27. The number of hydrogen-bond donors (Lipinski definition) is 2. The van der Waals surface area contributed by atoms with Crippen LogP contribution in [0.25, 0.3) is 0 Å². The van der Waals surface area contributed by atoms with Crippen molar-refractivity contribution >= 4 is 11.7 Å². The molecule has 0 aliphatic rings. The second kappa shape index (κ2) is 6.77. The van der Waals surface area contributed by atoms with Gasteiger partial charge in [-0.25, -0.2) is 4.79 Å². The summed E-state index contributed by atoms with van der Waals surface area (Å²) in [6.07, 6.45) is -4.58. The summed E-state index contributed by atoms with van der Waals surface area (Å²) in [6, 6.07) is 4.59. The van der Waals surface area contributed by atoms with Gasteiger partial charge >= 0.3 is 12.1 Å². The zero-order valence-electron chi connectivity index (χ0n) is 10.2. The second-order valence-corrected chi connectivity index (χ2v) is 3.74. The molecule has 1 rings (SSSR count). The normalized spacial score (nSPS) is 10.9. The predicted molar refractivity (Wildman–Crippen MR) is 63.1 cm³/mol. The number of rotatable bonds is 6. The number of hydrogen-bond acceptors (Lipinski definition) is 4. The van der Waals surface area contributed by atoms with Crippen LogP contribution in [0.5, 0.6) is 0 Å². The van der Waals surface area contributed by atoms with Gasteiger partial charge in [-0.2, -0.15) is 18.4 Å². The van der Waals surface area contributed by atoms with Crippen LogP contribution in [0, 0.1) is 11.3 Å². The van der Waals surface area contributed by atoms with Gasteiger partial charge in [0.25, 0.3) is 0 Å². The predicted octanol–water partition coefficient (Wildman–Crippen LogP) is 2.09. The quantitative estimate of drug-likeness (QED) is 0.783. The maximum Gasteiger partial charge on any atom is 0.417 e. The van der Waals surface area contributed by atoms with Crippen LogP contribution in [0.2, 0.25) is 0 Å². The average Bonchev–Trinajstić information content (AvgIpc) is 2.36. The van der Waals surface area contributed by atoms with Crippen LogP contribution in [0.4, 0.5) is 18.9 Å². The smallest absolute Gasteiger partial charge is 0.417 e. The average molecular weight is 288 g/mol. The molecule has 0 atom stereocenters. The summed E-state index contributed by atoms with van der Waals surface area (Å²) in [7, 11) is 0. The molecule has 0 heterocycles. The van der Waals surface area contributed by atoms with E-state index in [0.717, 1.165) is 12.1 Å². The molecule has 0 aliphatic heterocycles. The van der Waals surface area contributed by atoms with Gasteiger partial charge in [-0.1, -0.05) is 0 Å². The lowest BCUT2D eigenvalue weighted by molar-refractivity contribution is -0.142. The van der Waals surface area contributed by atoms with Gasteiger partial charge in [-0.05, 0) is 18.2 Å². The number of aliphatic carboxylic acids is 1. The monoisotopic (exact) mass is 288 g/mol. The Morgan fingerprint density at radius 3 is 2.70 bits per heavy atom. The van der Waals surface area contributed by atoms with Crippen LogP contribution in [-0.4, -0.2) is 30.8 Å². The summed E-state index contributed by atoms with van der Waals surface area (Å²) >= 11 is 0. The van der Waals surface area contributed by atoms with Gasteiger partial charge in [0.05, 0.1) is 23.8 Å². The van der Waals surface area contributed by atoms with Crippen LogP contribution in [0.1, 0.15) is 11.1 Å². The Kier molecular flexibility index (Phi) is 5.34. The molecule has 20 heavy (non-hydrogen) atoms. The van der Waals surface area contributed by atoms with E-state index in [1.165, 1.54) is 12.1 Å². The lowest BCUT2D eigenvalue weighted by atomic mass is 10.1. The van der Waals surface area contributed by atoms with Crippen molar-refractivity contribution in [3.05, 3.63) is 29.3 Å². The number of anilines is 1. The number of carboxylic acid groups (broad SMARTS) is 1. The van der Waals surface area contributed by atoms with Gasteiger partial charge in [0.1, 0.15) is 6.61 Å². The molecule has 0 aliphatic carbocycles. The molecule has 5 nitrogen and oxygen atoms in total. The van der Waals surface area contributed by atoms with Crippen molar-refractivity contribution in [1.29, 1.82) is 5.26 Å². The first kappa shape index (κ1) is 15.8. The summed E-state index contributed by atoms with van der Waals surface area (Å²) in [5.41, 5.74) is -1.14. The summed E-state index contributed by atoms with van der Waals surface area (Å²) in [5, 5.41) is 19.8. The Morgan fingerprint density at radius 1 is 1.45 bits per heavy atom. The van der Waals surface area contributed by atoms with E-state index in [9.17, 15) is 18.0 Å². The SMILES string of the molecule is N#Cc1cc(NCCOCC(=O)O)ccc1C(F)(F)F. The number of nitrogens with one attached hydrogen (secondary N) is 1. The fourth-order valence-corrected chi connectivity index (χ4v) is 1.42. The molecule has 0 unspecified atom stereocenters. The molecule has 1 aromatic carbocycles. The Balaban J connectivity index is 2.61. The van der Waals surface area contributed by atoms with Crippen molar-refractivity contribution in [3.63, 3.8) is 0 Å². The minimum Gasteiger partial charge on any atom is -0.480 e. The minimum atomic E-state index is -4.58. The summed E-state index contributed by atoms with van der Waals surface area (Å²) in [5.74, 6) is -1.11. The first-order chi connectivity index (χ1) is 9.34. The third-order valence-corrected chi connectivity index (χ3v) is 2.25. The standard InChI is InChI=1S/C12H11F3N2O3/c13-12(14,15)10-2-1-9(5-8(10)6-16)17-3-4-20-7-11(18)19/h1-2,5,17H,3-4,7H2,(H,18,19). The molecule has 108 valence electrons. The molecular formula is C12H11F3N2O3. The van der Waals surface area contributed by atoms with Gasteiger partial charge in [-0.15, -0.1) is 0 Å². The van der Waals surface area contributed by atoms with Crippen molar-refractivity contribution < 1.29 is 27.8 Å². The number of ether oxygens (including phenoxy) is 1. The van der Waals surface area contributed by atoms with E-state index in [0.29, 0.717) is 5.69 Å². The van der Waals surface area contributed by atoms with E-state index in [4.69, 9.17) is 15.1 Å². The fourth-order valence-electron chi connectivity index (χ4n) is 1.42. The number of benzene rings is 1. The second-order valence-electron chi connectivity index (χ2n) is 3.74. The maximum atomic E-state index is 12.5. The molecule has 0 radical (unpaired) electrons. The Labute approximate surface area is 112 Å². The van der Waals surface area contributed by atoms with Crippen LogP contribution < -0.4 is 5.32 Å². The fraction of sp³-hybridized carbons (Fsp3) is 0.333. The number of nitriles is 1. The van der Waals surface area contributed by atoms with E-state index >= 15 is 0 Å². The maximum absolute atomic E-state index is 12.5. The number of carbonyl (C=O) groups is 1. The van der Waals surface area contributed by atoms with E-state index < -0.39 is 29.9 Å². The highest BCUT2D eigenvalue weighted by Gasteiger charge is 2.33. The first-order valence-corrected chi connectivity index (χ1v) is 5.49. The van der Waals surface area contributed by atoms with Gasteiger partial charge in [0, 0.05) is 12.2 Å². The molecule has 0 fully saturated rings. The molecule has 8 heteroatoms. The zero-order valence-corrected chi connectivity index (χ0v) is 10.2. The highest BCUT2D eigenvalue weighted by molar-refractivity contribution is 5.68. The van der Waals surface area contributed by atoms with Crippen LogP contribution in [0.15, 0.2) is 18.2 Å². The number of carboxylic acids is 1. The van der Waals surface area contributed by atoms with E-state index in [2.05, 4.69) is 5.32 Å². The van der Waals surface area contributed by atoms with Crippen LogP contribution in [-0.2, 0) is 15.7 Å². The van der Waals surface area contributed by atoms with Crippen molar-refractivity contribution in [3.8, 4) is 6.07 Å². The lowest BCUT2D eigenvalue weighted by Gasteiger charge is -2.11. The van der Waals surface area contributed by atoms with E-state index in [-0.39, 0.29) is 13.2 Å². The molecule has 2 N–H and O–H groups in total. The molecule has 1 aromatic rings. The molecular weight excluding hydrogens is 277 g/mol. The highest BCUT2D eigenvalue weighted by Crippen LogP contribution is 2.32. The van der Waals surface area contributed by atoms with Gasteiger partial charge in [-0.3, -0.25) is 0 Å². The van der Waals surface area contributed by atoms with E-state index in [1.807, 2.05) is 0 Å². The van der Waals surface area contributed by atoms with Crippen molar-refractivity contribution in [1.82, 2.24) is 0 Å². The minimum absolute atomic E-state index is 0.0786. The van der Waals surface area contributed by atoms with Gasteiger partial charge < -0.3 is 15.2 Å². The molecule has 0 aromatic heterocycles. The molecule has 0 amide bonds. The van der Waals surface area contributed by atoms with Gasteiger partial charge in [0.15, 0.2) is 0 Å². The number of halogens is 3. The zero-order chi connectivity index (χ0) is 15.2. The summed E-state index contributed by atoms with van der Waals surface area (Å²) < 4.78 is 42.4. The van der Waals surface area contributed by atoms with Crippen LogP contribution in [0.3, 0.4) is 0 Å².